The Morgan fingerprint density at radius 2 is 2.15 bits per heavy atom. The maximum absolute atomic E-state index is 11.0. The van der Waals surface area contributed by atoms with Crippen LogP contribution in [0.2, 0.25) is 0 Å². The second-order valence-corrected chi connectivity index (χ2v) is 3.10. The normalized spacial score (nSPS) is 12.7. The summed E-state index contributed by atoms with van der Waals surface area (Å²) >= 11 is 0. The average Bonchev–Trinajstić information content (AvgIpc) is 2.00. The van der Waals surface area contributed by atoms with Crippen molar-refractivity contribution < 1.29 is 14.9 Å². The molecule has 0 heterocycles. The molecule has 0 bridgehead atoms. The fourth-order valence-corrected chi connectivity index (χ4v) is 0.556. The van der Waals surface area contributed by atoms with Crippen molar-refractivity contribution in [3.8, 4) is 0 Å². The summed E-state index contributed by atoms with van der Waals surface area (Å²) in [5, 5.41) is 10.4. The summed E-state index contributed by atoms with van der Waals surface area (Å²) in [7, 11) is 3.68. The van der Waals surface area contributed by atoms with Crippen molar-refractivity contribution in [3.63, 3.8) is 0 Å². The fourth-order valence-electron chi connectivity index (χ4n) is 0.556. The minimum atomic E-state index is -0.649. The molecule has 0 aromatic heterocycles. The molecule has 5 heteroatoms. The maximum atomic E-state index is 11.0. The summed E-state index contributed by atoms with van der Waals surface area (Å²) in [6.45, 7) is 5.65. The summed E-state index contributed by atoms with van der Waals surface area (Å²) < 4.78 is 0. The molecule has 0 saturated heterocycles. The van der Waals surface area contributed by atoms with E-state index in [2.05, 4.69) is 11.4 Å². The molecule has 76 valence electrons. The quantitative estimate of drug-likeness (QED) is 0.442. The van der Waals surface area contributed by atoms with Crippen molar-refractivity contribution in [2.45, 2.75) is 6.92 Å². The molecule has 0 saturated carbocycles. The van der Waals surface area contributed by atoms with E-state index in [0.717, 1.165) is 0 Å². The van der Waals surface area contributed by atoms with Crippen LogP contribution in [0.15, 0.2) is 12.2 Å². The number of carbonyl (C=O) groups is 1. The van der Waals surface area contributed by atoms with E-state index in [9.17, 15) is 10.0 Å². The zero-order valence-corrected chi connectivity index (χ0v) is 8.29. The lowest BCUT2D eigenvalue weighted by Gasteiger charge is -2.20. The van der Waals surface area contributed by atoms with Gasteiger partial charge < -0.3 is 10.1 Å². The Kier molecular flexibility index (Phi) is 5.29. The Morgan fingerprint density at radius 3 is 2.54 bits per heavy atom. The van der Waals surface area contributed by atoms with Gasteiger partial charge in [0.2, 0.25) is 0 Å². The summed E-state index contributed by atoms with van der Waals surface area (Å²) in [4.78, 5) is 17.1. The highest BCUT2D eigenvalue weighted by atomic mass is 16.9. The van der Waals surface area contributed by atoms with Crippen LogP contribution in [0, 0.1) is 5.21 Å². The largest absolute Gasteiger partial charge is 0.591 e. The second-order valence-electron chi connectivity index (χ2n) is 3.10. The lowest BCUT2D eigenvalue weighted by atomic mass is 10.4. The number of nitrogens with zero attached hydrogens (tertiary/aromatic N) is 1. The Bertz CT molecular complexity index is 192. The van der Waals surface area contributed by atoms with Gasteiger partial charge in [-0.3, -0.25) is 4.84 Å². The first kappa shape index (κ1) is 12.1. The van der Waals surface area contributed by atoms with Crippen molar-refractivity contribution in [1.82, 2.24) is 4.90 Å². The van der Waals surface area contributed by atoms with Gasteiger partial charge in [0.25, 0.3) is 0 Å². The third-order valence-corrected chi connectivity index (χ3v) is 1.32. The van der Waals surface area contributed by atoms with Crippen molar-refractivity contribution in [3.05, 3.63) is 17.4 Å². The van der Waals surface area contributed by atoms with Crippen LogP contribution in [0.3, 0.4) is 0 Å². The Labute approximate surface area is 78.1 Å². The molecule has 0 amide bonds. The Hall–Kier alpha value is -0.910. The summed E-state index contributed by atoms with van der Waals surface area (Å²) in [5.41, 5.74) is 0.234. The highest BCUT2D eigenvalue weighted by Crippen LogP contribution is 1.86. The molecule has 0 rings (SSSR count). The van der Waals surface area contributed by atoms with Crippen LogP contribution in [-0.2, 0) is 9.63 Å². The lowest BCUT2D eigenvalue weighted by Crippen LogP contribution is -3.07. The zero-order valence-electron chi connectivity index (χ0n) is 8.29. The van der Waals surface area contributed by atoms with Crippen LogP contribution in [-0.4, -0.2) is 38.1 Å². The number of likely N-dealkylation sites (N-methyl/N-ethyl adjacent to an activating group) is 1. The van der Waals surface area contributed by atoms with Gasteiger partial charge in [0.15, 0.2) is 0 Å². The molecule has 5 nitrogen and oxygen atoms in total. The SMILES string of the molecule is C=C(C)C(=O)O[NH+]([O-])CCN(C)C. The zero-order chi connectivity index (χ0) is 10.4. The summed E-state index contributed by atoms with van der Waals surface area (Å²) in [6, 6.07) is 0. The minimum Gasteiger partial charge on any atom is -0.591 e. The minimum absolute atomic E-state index is 0.214. The van der Waals surface area contributed by atoms with Crippen molar-refractivity contribution >= 4 is 5.97 Å². The molecule has 0 spiro atoms. The van der Waals surface area contributed by atoms with Crippen molar-refractivity contribution in [1.29, 1.82) is 0 Å². The van der Waals surface area contributed by atoms with E-state index in [1.54, 1.807) is 0 Å². The van der Waals surface area contributed by atoms with Gasteiger partial charge in [0, 0.05) is 5.57 Å². The fraction of sp³-hybridized carbons (Fsp3) is 0.625. The number of nitrogens with one attached hydrogen (secondary N) is 1. The van der Waals surface area contributed by atoms with Gasteiger partial charge in [-0.1, -0.05) is 6.58 Å². The van der Waals surface area contributed by atoms with Crippen LogP contribution < -0.4 is 5.23 Å². The van der Waals surface area contributed by atoms with Gasteiger partial charge in [-0.15, -0.1) is 0 Å². The number of hydroxylamine groups is 2. The van der Waals surface area contributed by atoms with Crippen LogP contribution in [0.25, 0.3) is 0 Å². The number of hydrogen-bond acceptors (Lipinski definition) is 4. The molecule has 0 aliphatic heterocycles. The van der Waals surface area contributed by atoms with Crippen molar-refractivity contribution in [2.24, 2.45) is 0 Å². The summed E-state index contributed by atoms with van der Waals surface area (Å²) in [6.07, 6.45) is 0. The Morgan fingerprint density at radius 1 is 1.62 bits per heavy atom. The number of carbonyl (C=O) groups excluding carboxylic acids is 1. The molecule has 0 aromatic carbocycles. The summed E-state index contributed by atoms with van der Waals surface area (Å²) in [5.74, 6) is -0.649. The van der Waals surface area contributed by atoms with Gasteiger partial charge >= 0.3 is 5.97 Å². The molecular formula is C8H16N2O3. The topological polar surface area (TPSA) is 57.0 Å². The van der Waals surface area contributed by atoms with E-state index in [1.807, 2.05) is 19.0 Å². The first-order valence-corrected chi connectivity index (χ1v) is 3.98. The van der Waals surface area contributed by atoms with E-state index < -0.39 is 11.2 Å². The predicted molar refractivity (Wildman–Crippen MR) is 48.7 cm³/mol. The second kappa shape index (κ2) is 5.69. The molecule has 0 radical (unpaired) electrons. The molecule has 0 aliphatic carbocycles. The molecular weight excluding hydrogens is 172 g/mol. The van der Waals surface area contributed by atoms with Gasteiger partial charge in [-0.05, 0) is 21.0 Å². The predicted octanol–water partition coefficient (Wildman–Crippen LogP) is -1.03. The van der Waals surface area contributed by atoms with Crippen LogP contribution >= 0.6 is 0 Å². The molecule has 1 unspecified atom stereocenters. The third kappa shape index (κ3) is 6.27. The smallest absolute Gasteiger partial charge is 0.392 e. The molecule has 0 aliphatic rings. The molecule has 1 N–H and O–H groups in total. The van der Waals surface area contributed by atoms with E-state index in [-0.39, 0.29) is 12.1 Å². The first-order valence-electron chi connectivity index (χ1n) is 3.98. The molecule has 0 aromatic rings. The van der Waals surface area contributed by atoms with Gasteiger partial charge in [0.1, 0.15) is 6.54 Å². The van der Waals surface area contributed by atoms with E-state index >= 15 is 0 Å². The van der Waals surface area contributed by atoms with Crippen LogP contribution in [0.4, 0.5) is 0 Å². The maximum Gasteiger partial charge on any atom is 0.392 e. The highest BCUT2D eigenvalue weighted by molar-refractivity contribution is 5.86. The lowest BCUT2D eigenvalue weighted by molar-refractivity contribution is -1.03. The number of rotatable bonds is 5. The first-order chi connectivity index (χ1) is 5.93. The third-order valence-electron chi connectivity index (χ3n) is 1.32. The van der Waals surface area contributed by atoms with E-state index in [0.29, 0.717) is 6.54 Å². The standard InChI is InChI=1S/C8H16N2O3/c1-7(2)8(11)13-10(12)6-5-9(3)4/h10H,1,5-6H2,2-4H3. The highest BCUT2D eigenvalue weighted by Gasteiger charge is 2.08. The number of quaternary nitrogens is 1. The average molecular weight is 188 g/mol. The molecule has 0 fully saturated rings. The number of hydrogen-bond donors (Lipinski definition) is 1. The Balaban J connectivity index is 3.68. The van der Waals surface area contributed by atoms with E-state index in [1.165, 1.54) is 6.92 Å². The molecule has 1 atom stereocenters. The van der Waals surface area contributed by atoms with Gasteiger partial charge in [0.05, 0.1) is 6.54 Å². The van der Waals surface area contributed by atoms with Crippen molar-refractivity contribution in [2.75, 3.05) is 27.2 Å². The van der Waals surface area contributed by atoms with Gasteiger partial charge in [-0.25, -0.2) is 4.79 Å². The molecule has 13 heavy (non-hydrogen) atoms. The van der Waals surface area contributed by atoms with Gasteiger partial charge in [-0.2, -0.15) is 5.23 Å². The van der Waals surface area contributed by atoms with E-state index in [4.69, 9.17) is 0 Å². The van der Waals surface area contributed by atoms with Crippen LogP contribution in [0.5, 0.6) is 0 Å². The monoisotopic (exact) mass is 188 g/mol. The van der Waals surface area contributed by atoms with Crippen LogP contribution in [0.1, 0.15) is 6.92 Å².